The van der Waals surface area contributed by atoms with Crippen molar-refractivity contribution in [3.63, 3.8) is 0 Å². The van der Waals surface area contributed by atoms with E-state index in [-0.39, 0.29) is 11.8 Å². The molecule has 2 heterocycles. The second-order valence-electron chi connectivity index (χ2n) is 4.98. The summed E-state index contributed by atoms with van der Waals surface area (Å²) in [5.41, 5.74) is 5.28. The number of carbonyl (C=O) groups excluding carboxylic acids is 1. The van der Waals surface area contributed by atoms with Crippen molar-refractivity contribution in [3.05, 3.63) is 0 Å². The number of amides is 1. The van der Waals surface area contributed by atoms with E-state index in [1.54, 1.807) is 0 Å². The van der Waals surface area contributed by atoms with Crippen LogP contribution in [0.5, 0.6) is 0 Å². The van der Waals surface area contributed by atoms with E-state index < -0.39 is 0 Å². The Morgan fingerprint density at radius 2 is 2.40 bits per heavy atom. The lowest BCUT2D eigenvalue weighted by atomic mass is 9.94. The number of piperidine rings is 1. The molecule has 0 aromatic carbocycles. The Morgan fingerprint density at radius 1 is 1.60 bits per heavy atom. The molecule has 86 valence electrons. The molecule has 0 aromatic rings. The van der Waals surface area contributed by atoms with E-state index in [2.05, 4.69) is 10.2 Å². The first-order chi connectivity index (χ1) is 7.16. The largest absolute Gasteiger partial charge is 0.369 e. The molecule has 4 heteroatoms. The number of nitrogens with one attached hydrogen (secondary N) is 1. The van der Waals surface area contributed by atoms with Crippen molar-refractivity contribution >= 4 is 5.91 Å². The molecule has 1 unspecified atom stereocenters. The van der Waals surface area contributed by atoms with E-state index in [1.165, 1.54) is 12.8 Å². The molecule has 2 aliphatic rings. The molecule has 3 N–H and O–H groups in total. The minimum absolute atomic E-state index is 0.0230. The van der Waals surface area contributed by atoms with Crippen LogP contribution in [0.2, 0.25) is 0 Å². The minimum atomic E-state index is -0.183. The number of fused-ring (bicyclic) bond motifs is 1. The van der Waals surface area contributed by atoms with Gasteiger partial charge in [0, 0.05) is 31.6 Å². The highest BCUT2D eigenvalue weighted by molar-refractivity contribution is 5.76. The molecule has 4 nitrogen and oxygen atoms in total. The minimum Gasteiger partial charge on any atom is -0.369 e. The number of nitrogens with two attached hydrogens (primary N) is 1. The molecule has 1 amide bonds. The summed E-state index contributed by atoms with van der Waals surface area (Å²) in [5, 5.41) is 3.56. The number of rotatable bonds is 3. The number of hydrogen-bond acceptors (Lipinski definition) is 3. The highest BCUT2D eigenvalue weighted by Crippen LogP contribution is 2.25. The molecule has 0 saturated carbocycles. The number of nitrogens with zero attached hydrogens (tertiary/aromatic N) is 1. The van der Waals surface area contributed by atoms with Gasteiger partial charge in [-0.05, 0) is 25.3 Å². The Hall–Kier alpha value is -0.610. The van der Waals surface area contributed by atoms with Crippen LogP contribution in [0.4, 0.5) is 0 Å². The van der Waals surface area contributed by atoms with E-state index in [4.69, 9.17) is 5.73 Å². The van der Waals surface area contributed by atoms with Gasteiger partial charge in [-0.3, -0.25) is 4.79 Å². The highest BCUT2D eigenvalue weighted by atomic mass is 16.1. The second-order valence-corrected chi connectivity index (χ2v) is 4.98. The van der Waals surface area contributed by atoms with Crippen molar-refractivity contribution in [2.75, 3.05) is 26.2 Å². The maximum atomic E-state index is 11.0. The highest BCUT2D eigenvalue weighted by Gasteiger charge is 2.34. The van der Waals surface area contributed by atoms with Crippen LogP contribution in [0.1, 0.15) is 19.8 Å². The fourth-order valence-corrected chi connectivity index (χ4v) is 2.76. The standard InChI is InChI=1S/C11H21N3O/c1-8(11(12)15)5-14-6-9-3-2-4-13-10(9)7-14/h8-10,13H,2-7H2,1H3,(H2,12,15)/t8?,9-,10+/m0/s1. The summed E-state index contributed by atoms with van der Waals surface area (Å²) in [7, 11) is 0. The maximum Gasteiger partial charge on any atom is 0.221 e. The van der Waals surface area contributed by atoms with E-state index in [0.717, 1.165) is 32.1 Å². The molecular weight excluding hydrogens is 190 g/mol. The normalized spacial score (nSPS) is 33.7. The van der Waals surface area contributed by atoms with Gasteiger partial charge in [-0.25, -0.2) is 0 Å². The van der Waals surface area contributed by atoms with E-state index in [0.29, 0.717) is 6.04 Å². The number of likely N-dealkylation sites (tertiary alicyclic amines) is 1. The quantitative estimate of drug-likeness (QED) is 0.679. The molecule has 2 fully saturated rings. The van der Waals surface area contributed by atoms with E-state index >= 15 is 0 Å². The molecule has 0 aromatic heterocycles. The van der Waals surface area contributed by atoms with Gasteiger partial charge in [0.05, 0.1) is 0 Å². The monoisotopic (exact) mass is 211 g/mol. The summed E-state index contributed by atoms with van der Waals surface area (Å²) in [6.45, 7) is 6.11. The van der Waals surface area contributed by atoms with Crippen LogP contribution in [0.25, 0.3) is 0 Å². The second kappa shape index (κ2) is 4.49. The molecule has 0 radical (unpaired) electrons. The molecule has 0 bridgehead atoms. The Balaban J connectivity index is 1.83. The summed E-state index contributed by atoms with van der Waals surface area (Å²) >= 11 is 0. The van der Waals surface area contributed by atoms with Crippen LogP contribution in [0.3, 0.4) is 0 Å². The third kappa shape index (κ3) is 2.49. The van der Waals surface area contributed by atoms with Gasteiger partial charge in [0.1, 0.15) is 0 Å². The third-order valence-electron chi connectivity index (χ3n) is 3.69. The van der Waals surface area contributed by atoms with Crippen molar-refractivity contribution in [1.82, 2.24) is 10.2 Å². The third-order valence-corrected chi connectivity index (χ3v) is 3.69. The zero-order valence-electron chi connectivity index (χ0n) is 9.41. The van der Waals surface area contributed by atoms with Crippen LogP contribution >= 0.6 is 0 Å². The number of carbonyl (C=O) groups is 1. The first kappa shape index (κ1) is 10.9. The van der Waals surface area contributed by atoms with Crippen LogP contribution in [0, 0.1) is 11.8 Å². The first-order valence-corrected chi connectivity index (χ1v) is 5.92. The zero-order valence-corrected chi connectivity index (χ0v) is 9.41. The van der Waals surface area contributed by atoms with Gasteiger partial charge >= 0.3 is 0 Å². The Morgan fingerprint density at radius 3 is 3.07 bits per heavy atom. The van der Waals surface area contributed by atoms with Crippen molar-refractivity contribution in [2.24, 2.45) is 17.6 Å². The molecule has 15 heavy (non-hydrogen) atoms. The van der Waals surface area contributed by atoms with Crippen LogP contribution in [-0.4, -0.2) is 43.0 Å². The van der Waals surface area contributed by atoms with E-state index in [1.807, 2.05) is 6.92 Å². The zero-order chi connectivity index (χ0) is 10.8. The number of primary amides is 1. The summed E-state index contributed by atoms with van der Waals surface area (Å²) < 4.78 is 0. The maximum absolute atomic E-state index is 11.0. The summed E-state index contributed by atoms with van der Waals surface area (Å²) in [6.07, 6.45) is 2.62. The Bertz CT molecular complexity index is 230. The van der Waals surface area contributed by atoms with Gasteiger partial charge in [-0.1, -0.05) is 6.92 Å². The average molecular weight is 211 g/mol. The van der Waals surface area contributed by atoms with Gasteiger partial charge in [0.25, 0.3) is 0 Å². The van der Waals surface area contributed by atoms with Crippen LogP contribution < -0.4 is 11.1 Å². The van der Waals surface area contributed by atoms with Gasteiger partial charge in [-0.15, -0.1) is 0 Å². The van der Waals surface area contributed by atoms with Crippen LogP contribution in [-0.2, 0) is 4.79 Å². The van der Waals surface area contributed by atoms with Gasteiger partial charge in [-0.2, -0.15) is 0 Å². The molecule has 0 aliphatic carbocycles. The molecule has 3 atom stereocenters. The van der Waals surface area contributed by atoms with Gasteiger partial charge < -0.3 is 16.0 Å². The Labute approximate surface area is 91.2 Å². The molecule has 2 saturated heterocycles. The lowest BCUT2D eigenvalue weighted by Crippen LogP contribution is -2.41. The smallest absolute Gasteiger partial charge is 0.221 e. The summed E-state index contributed by atoms with van der Waals surface area (Å²) in [5.74, 6) is 0.585. The Kier molecular flexibility index (Phi) is 3.26. The molecule has 2 aliphatic heterocycles. The summed E-state index contributed by atoms with van der Waals surface area (Å²) in [4.78, 5) is 13.4. The van der Waals surface area contributed by atoms with Crippen molar-refractivity contribution in [3.8, 4) is 0 Å². The molecular formula is C11H21N3O. The summed E-state index contributed by atoms with van der Waals surface area (Å²) in [6, 6.07) is 0.652. The fourth-order valence-electron chi connectivity index (χ4n) is 2.76. The lowest BCUT2D eigenvalue weighted by molar-refractivity contribution is -0.121. The number of hydrogen-bond donors (Lipinski definition) is 2. The topological polar surface area (TPSA) is 58.4 Å². The van der Waals surface area contributed by atoms with Gasteiger partial charge in [0.15, 0.2) is 0 Å². The molecule has 2 rings (SSSR count). The first-order valence-electron chi connectivity index (χ1n) is 5.92. The average Bonchev–Trinajstić information content (AvgIpc) is 2.59. The van der Waals surface area contributed by atoms with Crippen molar-refractivity contribution in [1.29, 1.82) is 0 Å². The SMILES string of the molecule is CC(CN1C[C@@H]2CCCN[C@@H]2C1)C(N)=O. The lowest BCUT2D eigenvalue weighted by Gasteiger charge is -2.24. The predicted octanol–water partition coefficient (Wildman–Crippen LogP) is -0.208. The van der Waals surface area contributed by atoms with Crippen molar-refractivity contribution < 1.29 is 4.79 Å². The van der Waals surface area contributed by atoms with Crippen molar-refractivity contribution in [2.45, 2.75) is 25.8 Å². The van der Waals surface area contributed by atoms with Crippen LogP contribution in [0.15, 0.2) is 0 Å². The fraction of sp³-hybridized carbons (Fsp3) is 0.909. The molecule has 0 spiro atoms. The predicted molar refractivity (Wildman–Crippen MR) is 59.3 cm³/mol. The van der Waals surface area contributed by atoms with Gasteiger partial charge in [0.2, 0.25) is 5.91 Å². The van der Waals surface area contributed by atoms with E-state index in [9.17, 15) is 4.79 Å².